The summed E-state index contributed by atoms with van der Waals surface area (Å²) in [6.45, 7) is 0.397. The van der Waals surface area contributed by atoms with Crippen LogP contribution in [0.2, 0.25) is 5.02 Å². The van der Waals surface area contributed by atoms with Gasteiger partial charge in [-0.05, 0) is 60.2 Å². The molecule has 3 atom stereocenters. The number of amides is 2. The Morgan fingerprint density at radius 2 is 1.64 bits per heavy atom. The standard InChI is InChI=1S/C34H32ClF4N3O3/c35-26-17-18-30(40-21-26)33(20-23-9-3-1-4-10-23,25-13-7-14-27(19-25)45-34(38,39)31(36)37)42-32(43)41-28-15-8-16-29(28)44-22-24-11-5-2-6-12-24/h1-7,9-14,17-19,21,28-29,31H,8,15-16,20,22H2,(H2,41,42,43)/t28-,29-,33-/m1/s1. The molecule has 1 aliphatic rings. The normalized spacial score (nSPS) is 17.9. The van der Waals surface area contributed by atoms with Crippen LogP contribution in [-0.2, 0) is 23.3 Å². The first kappa shape index (κ1) is 32.2. The van der Waals surface area contributed by atoms with Gasteiger partial charge in [0.05, 0.1) is 29.5 Å². The van der Waals surface area contributed by atoms with Crippen molar-refractivity contribution in [1.29, 1.82) is 0 Å². The number of pyridine rings is 1. The Hall–Kier alpha value is -4.15. The Kier molecular flexibility index (Phi) is 10.2. The van der Waals surface area contributed by atoms with Crippen LogP contribution in [0.25, 0.3) is 0 Å². The fourth-order valence-corrected chi connectivity index (χ4v) is 5.66. The second-order valence-corrected chi connectivity index (χ2v) is 11.3. The number of hydrogen-bond donors (Lipinski definition) is 2. The van der Waals surface area contributed by atoms with Gasteiger partial charge in [-0.2, -0.15) is 17.6 Å². The lowest BCUT2D eigenvalue weighted by atomic mass is 9.80. The van der Waals surface area contributed by atoms with Gasteiger partial charge in [-0.3, -0.25) is 4.98 Å². The topological polar surface area (TPSA) is 72.5 Å². The Morgan fingerprint density at radius 1 is 0.933 bits per heavy atom. The van der Waals surface area contributed by atoms with Crippen molar-refractivity contribution in [3.63, 3.8) is 0 Å². The van der Waals surface area contributed by atoms with Crippen molar-refractivity contribution in [1.82, 2.24) is 15.6 Å². The fourth-order valence-electron chi connectivity index (χ4n) is 5.54. The van der Waals surface area contributed by atoms with Crippen molar-refractivity contribution < 1.29 is 31.8 Å². The van der Waals surface area contributed by atoms with Crippen LogP contribution in [0, 0.1) is 0 Å². The quantitative estimate of drug-likeness (QED) is 0.154. The molecule has 0 spiro atoms. The highest BCUT2D eigenvalue weighted by Crippen LogP contribution is 2.37. The minimum Gasteiger partial charge on any atom is -0.428 e. The summed E-state index contributed by atoms with van der Waals surface area (Å²) >= 11 is 6.15. The summed E-state index contributed by atoms with van der Waals surface area (Å²) in [4.78, 5) is 18.4. The van der Waals surface area contributed by atoms with Gasteiger partial charge in [-0.15, -0.1) is 0 Å². The SMILES string of the molecule is O=C(N[C@@H]1CCC[C@H]1OCc1ccccc1)N[C@](Cc1ccccc1)(c1cccc(OC(F)(F)C(F)F)c1)c1ccc(Cl)cn1. The van der Waals surface area contributed by atoms with Gasteiger partial charge in [-0.25, -0.2) is 4.79 Å². The van der Waals surface area contributed by atoms with Gasteiger partial charge in [-0.1, -0.05) is 84.4 Å². The summed E-state index contributed by atoms with van der Waals surface area (Å²) in [6, 6.07) is 26.6. The van der Waals surface area contributed by atoms with E-state index in [1.165, 1.54) is 18.3 Å². The summed E-state index contributed by atoms with van der Waals surface area (Å²) in [5.41, 5.74) is 0.954. The van der Waals surface area contributed by atoms with Crippen LogP contribution in [0.1, 0.15) is 41.6 Å². The van der Waals surface area contributed by atoms with E-state index in [9.17, 15) is 22.4 Å². The third-order valence-electron chi connectivity index (χ3n) is 7.71. The molecule has 1 aromatic heterocycles. The number of carbonyl (C=O) groups excluding carboxylic acids is 1. The molecule has 6 nitrogen and oxygen atoms in total. The molecule has 5 rings (SSSR count). The van der Waals surface area contributed by atoms with Crippen LogP contribution in [0.15, 0.2) is 103 Å². The van der Waals surface area contributed by atoms with Crippen LogP contribution < -0.4 is 15.4 Å². The maximum absolute atomic E-state index is 13.9. The van der Waals surface area contributed by atoms with Crippen molar-refractivity contribution in [2.24, 2.45) is 0 Å². The fraction of sp³-hybridized carbons (Fsp3) is 0.294. The second-order valence-electron chi connectivity index (χ2n) is 10.9. The van der Waals surface area contributed by atoms with E-state index in [0.29, 0.717) is 23.7 Å². The lowest BCUT2D eigenvalue weighted by Gasteiger charge is -2.36. The van der Waals surface area contributed by atoms with Gasteiger partial charge in [0.25, 0.3) is 0 Å². The molecule has 0 saturated heterocycles. The first-order valence-electron chi connectivity index (χ1n) is 14.5. The summed E-state index contributed by atoms with van der Waals surface area (Å²) < 4.78 is 64.5. The Balaban J connectivity index is 1.48. The number of hydrogen-bond acceptors (Lipinski definition) is 4. The molecule has 1 saturated carbocycles. The van der Waals surface area contributed by atoms with Crippen molar-refractivity contribution in [2.45, 2.75) is 62.5 Å². The molecular weight excluding hydrogens is 610 g/mol. The van der Waals surface area contributed by atoms with Crippen LogP contribution in [-0.4, -0.2) is 35.7 Å². The van der Waals surface area contributed by atoms with Gasteiger partial charge in [0.2, 0.25) is 0 Å². The van der Waals surface area contributed by atoms with Crippen LogP contribution >= 0.6 is 11.6 Å². The number of aromatic nitrogens is 1. The zero-order valence-electron chi connectivity index (χ0n) is 24.1. The highest BCUT2D eigenvalue weighted by molar-refractivity contribution is 6.30. The average Bonchev–Trinajstić information content (AvgIpc) is 3.47. The summed E-state index contributed by atoms with van der Waals surface area (Å²) in [7, 11) is 0. The molecule has 2 N–H and O–H groups in total. The minimum atomic E-state index is -4.72. The predicted molar refractivity (Wildman–Crippen MR) is 163 cm³/mol. The molecular formula is C34H32ClF4N3O3. The molecule has 1 aliphatic carbocycles. The van der Waals surface area contributed by atoms with E-state index in [-0.39, 0.29) is 24.1 Å². The molecule has 236 valence electrons. The van der Waals surface area contributed by atoms with E-state index in [4.69, 9.17) is 16.3 Å². The molecule has 4 aromatic rings. The lowest BCUT2D eigenvalue weighted by molar-refractivity contribution is -0.253. The molecule has 0 aliphatic heterocycles. The number of rotatable bonds is 12. The number of benzene rings is 3. The number of nitrogens with one attached hydrogen (secondary N) is 2. The number of ether oxygens (including phenoxy) is 2. The Labute approximate surface area is 263 Å². The van der Waals surface area contributed by atoms with Crippen molar-refractivity contribution >= 4 is 17.6 Å². The third kappa shape index (κ3) is 8.12. The molecule has 0 bridgehead atoms. The van der Waals surface area contributed by atoms with Gasteiger partial charge in [0.1, 0.15) is 11.3 Å². The average molecular weight is 642 g/mol. The lowest BCUT2D eigenvalue weighted by Crippen LogP contribution is -2.55. The zero-order chi connectivity index (χ0) is 31.9. The molecule has 2 amide bonds. The highest BCUT2D eigenvalue weighted by atomic mass is 35.5. The Bertz CT molecular complexity index is 1550. The summed E-state index contributed by atoms with van der Waals surface area (Å²) in [5, 5.41) is 6.45. The van der Waals surface area contributed by atoms with E-state index >= 15 is 0 Å². The number of nitrogens with zero attached hydrogens (tertiary/aromatic N) is 1. The summed E-state index contributed by atoms with van der Waals surface area (Å²) in [6.07, 6.45) is -5.12. The third-order valence-corrected chi connectivity index (χ3v) is 7.94. The highest BCUT2D eigenvalue weighted by Gasteiger charge is 2.45. The maximum atomic E-state index is 13.9. The van der Waals surface area contributed by atoms with Crippen molar-refractivity contribution in [3.05, 3.63) is 131 Å². The van der Waals surface area contributed by atoms with Gasteiger partial charge < -0.3 is 20.1 Å². The van der Waals surface area contributed by atoms with E-state index < -0.39 is 29.9 Å². The number of halogens is 5. The first-order valence-corrected chi connectivity index (χ1v) is 14.9. The molecule has 11 heteroatoms. The molecule has 1 heterocycles. The van der Waals surface area contributed by atoms with Crippen LogP contribution in [0.3, 0.4) is 0 Å². The molecule has 3 aromatic carbocycles. The zero-order valence-corrected chi connectivity index (χ0v) is 24.9. The predicted octanol–water partition coefficient (Wildman–Crippen LogP) is 7.90. The van der Waals surface area contributed by atoms with Crippen LogP contribution in [0.5, 0.6) is 5.75 Å². The summed E-state index contributed by atoms with van der Waals surface area (Å²) in [5.74, 6) is -0.503. The van der Waals surface area contributed by atoms with Gasteiger partial charge in [0, 0.05) is 12.6 Å². The molecule has 45 heavy (non-hydrogen) atoms. The molecule has 1 fully saturated rings. The van der Waals surface area contributed by atoms with E-state index in [1.54, 1.807) is 18.2 Å². The molecule has 0 unspecified atom stereocenters. The van der Waals surface area contributed by atoms with E-state index in [0.717, 1.165) is 30.0 Å². The van der Waals surface area contributed by atoms with Gasteiger partial charge in [0.15, 0.2) is 0 Å². The van der Waals surface area contributed by atoms with Crippen molar-refractivity contribution in [3.8, 4) is 5.75 Å². The first-order chi connectivity index (χ1) is 21.6. The second kappa shape index (κ2) is 14.3. The smallest absolute Gasteiger partial charge is 0.428 e. The number of alkyl halides is 4. The van der Waals surface area contributed by atoms with Crippen LogP contribution in [0.4, 0.5) is 22.4 Å². The molecule has 0 radical (unpaired) electrons. The maximum Gasteiger partial charge on any atom is 0.461 e. The Morgan fingerprint density at radius 3 is 2.31 bits per heavy atom. The van der Waals surface area contributed by atoms with Gasteiger partial charge >= 0.3 is 18.6 Å². The van der Waals surface area contributed by atoms with Crippen molar-refractivity contribution in [2.75, 3.05) is 0 Å². The van der Waals surface area contributed by atoms with E-state index in [1.807, 2.05) is 60.7 Å². The minimum absolute atomic E-state index is 0.128. The monoisotopic (exact) mass is 641 g/mol. The largest absolute Gasteiger partial charge is 0.461 e. The number of carbonyl (C=O) groups is 1. The number of urea groups is 1. The van der Waals surface area contributed by atoms with E-state index in [2.05, 4.69) is 20.4 Å².